The molecule has 1 aromatic carbocycles. The van der Waals surface area contributed by atoms with Crippen molar-refractivity contribution in [1.82, 2.24) is 0 Å². The molecule has 1 fully saturated rings. The van der Waals surface area contributed by atoms with Crippen molar-refractivity contribution >= 4 is 23.2 Å². The molecule has 2 rings (SSSR count). The van der Waals surface area contributed by atoms with E-state index in [2.05, 4.69) is 26.1 Å². The fourth-order valence-corrected chi connectivity index (χ4v) is 3.37. The van der Waals surface area contributed by atoms with Crippen LogP contribution in [0.3, 0.4) is 0 Å². The Morgan fingerprint density at radius 1 is 1.14 bits per heavy atom. The molecule has 1 N–H and O–H groups in total. The molecule has 21 heavy (non-hydrogen) atoms. The molecule has 0 unspecified atom stereocenters. The monoisotopic (exact) mass is 307 g/mol. The largest absolute Gasteiger partial charge is 0.326 e. The molecular formula is C18H26ClNO. The third-order valence-corrected chi connectivity index (χ3v) is 4.93. The highest BCUT2D eigenvalue weighted by molar-refractivity contribution is 6.30. The number of rotatable bonds is 3. The topological polar surface area (TPSA) is 29.1 Å². The van der Waals surface area contributed by atoms with Crippen molar-refractivity contribution in [3.8, 4) is 0 Å². The van der Waals surface area contributed by atoms with E-state index in [1.165, 1.54) is 25.7 Å². The van der Waals surface area contributed by atoms with Crippen molar-refractivity contribution in [3.05, 3.63) is 29.3 Å². The lowest BCUT2D eigenvalue weighted by Crippen LogP contribution is -2.27. The molecule has 0 bridgehead atoms. The molecule has 2 nitrogen and oxygen atoms in total. The predicted molar refractivity (Wildman–Crippen MR) is 89.6 cm³/mol. The van der Waals surface area contributed by atoms with E-state index < -0.39 is 0 Å². The Kier molecular flexibility index (Phi) is 5.32. The van der Waals surface area contributed by atoms with Crippen LogP contribution in [-0.4, -0.2) is 5.91 Å². The van der Waals surface area contributed by atoms with E-state index in [0.29, 0.717) is 22.8 Å². The van der Waals surface area contributed by atoms with Crippen molar-refractivity contribution in [2.45, 2.75) is 52.9 Å². The molecule has 1 aliphatic carbocycles. The highest BCUT2D eigenvalue weighted by Gasteiger charge is 2.30. The van der Waals surface area contributed by atoms with E-state index in [4.69, 9.17) is 11.6 Å². The van der Waals surface area contributed by atoms with E-state index in [9.17, 15) is 4.79 Å². The van der Waals surface area contributed by atoms with E-state index in [-0.39, 0.29) is 5.91 Å². The molecule has 1 aromatic rings. The first-order valence-electron chi connectivity index (χ1n) is 7.90. The van der Waals surface area contributed by atoms with Gasteiger partial charge in [-0.25, -0.2) is 0 Å². The summed E-state index contributed by atoms with van der Waals surface area (Å²) in [7, 11) is 0. The minimum Gasteiger partial charge on any atom is -0.326 e. The lowest BCUT2D eigenvalue weighted by atomic mass is 9.69. The summed E-state index contributed by atoms with van der Waals surface area (Å²) in [6.45, 7) is 6.97. The van der Waals surface area contributed by atoms with E-state index in [0.717, 1.165) is 11.6 Å². The average Bonchev–Trinajstić information content (AvgIpc) is 2.41. The minimum absolute atomic E-state index is 0.122. The van der Waals surface area contributed by atoms with Crippen molar-refractivity contribution in [1.29, 1.82) is 0 Å². The number of nitrogens with one attached hydrogen (secondary N) is 1. The maximum Gasteiger partial charge on any atom is 0.224 e. The van der Waals surface area contributed by atoms with Crippen LogP contribution < -0.4 is 5.32 Å². The number of amides is 1. The van der Waals surface area contributed by atoms with Gasteiger partial charge in [0.05, 0.1) is 0 Å². The first-order chi connectivity index (χ1) is 9.84. The van der Waals surface area contributed by atoms with Crippen molar-refractivity contribution < 1.29 is 4.79 Å². The number of halogens is 1. The number of carbonyl (C=O) groups excluding carboxylic acids is 1. The van der Waals surface area contributed by atoms with E-state index in [1.54, 1.807) is 12.1 Å². The first-order valence-corrected chi connectivity index (χ1v) is 8.28. The zero-order valence-electron chi connectivity index (χ0n) is 13.3. The van der Waals surface area contributed by atoms with Gasteiger partial charge in [0.25, 0.3) is 0 Å². The summed E-state index contributed by atoms with van der Waals surface area (Å²) in [6, 6.07) is 7.28. The van der Waals surface area contributed by atoms with Crippen molar-refractivity contribution in [3.63, 3.8) is 0 Å². The van der Waals surface area contributed by atoms with Crippen LogP contribution in [0.5, 0.6) is 0 Å². The highest BCUT2D eigenvalue weighted by atomic mass is 35.5. The summed E-state index contributed by atoms with van der Waals surface area (Å²) in [6.07, 6.45) is 5.50. The number of hydrogen-bond acceptors (Lipinski definition) is 1. The first kappa shape index (κ1) is 16.4. The highest BCUT2D eigenvalue weighted by Crippen LogP contribution is 2.40. The number of benzene rings is 1. The van der Waals surface area contributed by atoms with Crippen LogP contribution in [0.15, 0.2) is 24.3 Å². The normalized spacial score (nSPS) is 22.9. The van der Waals surface area contributed by atoms with Crippen LogP contribution in [0.4, 0.5) is 5.69 Å². The zero-order valence-corrected chi connectivity index (χ0v) is 14.0. The summed E-state index contributed by atoms with van der Waals surface area (Å²) < 4.78 is 0. The summed E-state index contributed by atoms with van der Waals surface area (Å²) in [5, 5.41) is 3.65. The van der Waals surface area contributed by atoms with Gasteiger partial charge in [0.15, 0.2) is 0 Å². The number of carbonyl (C=O) groups is 1. The van der Waals surface area contributed by atoms with Gasteiger partial charge in [-0.1, -0.05) is 32.4 Å². The second-order valence-electron chi connectivity index (χ2n) is 7.34. The Hall–Kier alpha value is -1.02. The Balaban J connectivity index is 1.78. The average molecular weight is 308 g/mol. The second-order valence-corrected chi connectivity index (χ2v) is 7.78. The lowest BCUT2D eigenvalue weighted by Gasteiger charge is -2.36. The number of hydrogen-bond donors (Lipinski definition) is 1. The molecule has 0 atom stereocenters. The van der Waals surface area contributed by atoms with Crippen LogP contribution in [0.1, 0.15) is 52.9 Å². The molecule has 3 heteroatoms. The fourth-order valence-electron chi connectivity index (χ4n) is 3.24. The maximum atomic E-state index is 12.1. The Morgan fingerprint density at radius 3 is 2.24 bits per heavy atom. The molecule has 0 radical (unpaired) electrons. The molecule has 116 valence electrons. The lowest BCUT2D eigenvalue weighted by molar-refractivity contribution is -0.117. The van der Waals surface area contributed by atoms with Crippen molar-refractivity contribution in [2.75, 3.05) is 5.32 Å². The third kappa shape index (κ3) is 5.03. The van der Waals surface area contributed by atoms with Gasteiger partial charge in [-0.3, -0.25) is 4.79 Å². The van der Waals surface area contributed by atoms with E-state index in [1.807, 2.05) is 12.1 Å². The Labute approximate surface area is 133 Å². The van der Waals surface area contributed by atoms with Gasteiger partial charge in [0, 0.05) is 17.1 Å². The zero-order chi connectivity index (χ0) is 15.5. The summed E-state index contributed by atoms with van der Waals surface area (Å²) in [5.74, 6) is 1.46. The maximum absolute atomic E-state index is 12.1. The third-order valence-electron chi connectivity index (χ3n) is 4.67. The minimum atomic E-state index is 0.122. The van der Waals surface area contributed by atoms with Gasteiger partial charge in [-0.2, -0.15) is 0 Å². The van der Waals surface area contributed by atoms with Crippen LogP contribution in [-0.2, 0) is 4.79 Å². The van der Waals surface area contributed by atoms with Gasteiger partial charge in [0.2, 0.25) is 5.91 Å². The van der Waals surface area contributed by atoms with Crippen LogP contribution >= 0.6 is 11.6 Å². The van der Waals surface area contributed by atoms with Gasteiger partial charge in [-0.05, 0) is 67.2 Å². The molecule has 0 aromatic heterocycles. The van der Waals surface area contributed by atoms with E-state index >= 15 is 0 Å². The van der Waals surface area contributed by atoms with Gasteiger partial charge < -0.3 is 5.32 Å². The molecule has 1 amide bonds. The molecule has 0 spiro atoms. The molecule has 1 saturated carbocycles. The molecule has 0 saturated heterocycles. The molecule has 0 aliphatic heterocycles. The van der Waals surface area contributed by atoms with Gasteiger partial charge >= 0.3 is 0 Å². The Bertz CT molecular complexity index is 467. The summed E-state index contributed by atoms with van der Waals surface area (Å²) >= 11 is 5.84. The summed E-state index contributed by atoms with van der Waals surface area (Å²) in [5.41, 5.74) is 1.23. The van der Waals surface area contributed by atoms with Gasteiger partial charge in [-0.15, -0.1) is 0 Å². The number of anilines is 1. The Morgan fingerprint density at radius 2 is 1.71 bits per heavy atom. The molecule has 1 aliphatic rings. The van der Waals surface area contributed by atoms with Gasteiger partial charge in [0.1, 0.15) is 0 Å². The van der Waals surface area contributed by atoms with Crippen LogP contribution in [0.2, 0.25) is 5.02 Å². The summed E-state index contributed by atoms with van der Waals surface area (Å²) in [4.78, 5) is 12.1. The quantitative estimate of drug-likeness (QED) is 0.782. The fraction of sp³-hybridized carbons (Fsp3) is 0.611. The molecular weight excluding hydrogens is 282 g/mol. The second kappa shape index (κ2) is 6.83. The standard InChI is InChI=1S/C18H26ClNO/c1-18(2,3)14-6-4-13(5-7-14)12-17(21)20-16-10-8-15(19)9-11-16/h8-11,13-14H,4-7,12H2,1-3H3,(H,20,21)/t13-,14-. The van der Waals surface area contributed by atoms with Crippen LogP contribution in [0, 0.1) is 17.3 Å². The smallest absolute Gasteiger partial charge is 0.224 e. The van der Waals surface area contributed by atoms with Crippen LogP contribution in [0.25, 0.3) is 0 Å². The SMILES string of the molecule is CC(C)(C)[C@H]1CC[C@H](CC(=O)Nc2ccc(Cl)cc2)CC1. The predicted octanol–water partition coefficient (Wildman–Crippen LogP) is 5.52. The van der Waals surface area contributed by atoms with Crippen molar-refractivity contribution in [2.24, 2.45) is 17.3 Å². The molecule has 0 heterocycles.